The number of piperidine rings is 1. The van der Waals surface area contributed by atoms with Crippen molar-refractivity contribution >= 4 is 11.9 Å². The van der Waals surface area contributed by atoms with Crippen LogP contribution in [0.25, 0.3) is 0 Å². The summed E-state index contributed by atoms with van der Waals surface area (Å²) in [7, 11) is 0. The van der Waals surface area contributed by atoms with Crippen LogP contribution in [0, 0.1) is 11.8 Å². The van der Waals surface area contributed by atoms with E-state index in [2.05, 4.69) is 32.6 Å². The van der Waals surface area contributed by atoms with Gasteiger partial charge in [-0.2, -0.15) is 0 Å². The van der Waals surface area contributed by atoms with Gasteiger partial charge in [0.15, 0.2) is 0 Å². The minimum Gasteiger partial charge on any atom is -0.480 e. The van der Waals surface area contributed by atoms with Gasteiger partial charge in [0.05, 0.1) is 13.1 Å². The lowest BCUT2D eigenvalue weighted by molar-refractivity contribution is -0.139. The quantitative estimate of drug-likeness (QED) is 0.649. The van der Waals surface area contributed by atoms with Gasteiger partial charge in [0.25, 0.3) is 0 Å². The van der Waals surface area contributed by atoms with E-state index in [0.717, 1.165) is 45.6 Å². The van der Waals surface area contributed by atoms with Gasteiger partial charge in [0.1, 0.15) is 0 Å². The van der Waals surface area contributed by atoms with Gasteiger partial charge in [-0.15, -0.1) is 0 Å². The second kappa shape index (κ2) is 10.8. The lowest BCUT2D eigenvalue weighted by atomic mass is 10.0. The summed E-state index contributed by atoms with van der Waals surface area (Å²) < 4.78 is 0. The number of carboxylic acid groups (broad SMARTS) is 1. The highest BCUT2D eigenvalue weighted by Gasteiger charge is 2.27. The minimum atomic E-state index is -0.766. The number of carbonyl (C=O) groups is 2. The predicted octanol–water partition coefficient (Wildman–Crippen LogP) is 2.00. The first-order valence-corrected chi connectivity index (χ1v) is 9.68. The van der Waals surface area contributed by atoms with Gasteiger partial charge in [0, 0.05) is 32.2 Å². The molecule has 1 N–H and O–H groups in total. The molecule has 0 aromatic heterocycles. The first kappa shape index (κ1) is 21.9. The number of hydrogen-bond donors (Lipinski definition) is 1. The molecule has 6 heteroatoms. The Morgan fingerprint density at radius 2 is 1.60 bits per heavy atom. The van der Waals surface area contributed by atoms with Gasteiger partial charge < -0.3 is 10.0 Å². The number of amides is 1. The van der Waals surface area contributed by atoms with Gasteiger partial charge in [0.2, 0.25) is 5.91 Å². The largest absolute Gasteiger partial charge is 0.480 e. The maximum atomic E-state index is 12.7. The molecule has 1 aliphatic heterocycles. The molecule has 25 heavy (non-hydrogen) atoms. The average molecular weight is 356 g/mol. The van der Waals surface area contributed by atoms with Gasteiger partial charge in [-0.05, 0) is 31.2 Å². The molecule has 1 saturated heterocycles. The monoisotopic (exact) mass is 355 g/mol. The zero-order valence-corrected chi connectivity index (χ0v) is 16.7. The lowest BCUT2D eigenvalue weighted by Gasteiger charge is -2.38. The number of rotatable bonds is 10. The van der Waals surface area contributed by atoms with E-state index in [4.69, 9.17) is 5.11 Å². The molecule has 0 aliphatic carbocycles. The third-order valence-electron chi connectivity index (χ3n) is 4.70. The fourth-order valence-corrected chi connectivity index (χ4v) is 3.57. The molecule has 6 nitrogen and oxygen atoms in total. The first-order chi connectivity index (χ1) is 11.7. The zero-order valence-electron chi connectivity index (χ0n) is 16.7. The topological polar surface area (TPSA) is 64.1 Å². The molecule has 1 amide bonds. The van der Waals surface area contributed by atoms with Crippen molar-refractivity contribution in [1.82, 2.24) is 14.7 Å². The van der Waals surface area contributed by atoms with Crippen LogP contribution in [0.5, 0.6) is 0 Å². The molecule has 0 saturated carbocycles. The van der Waals surface area contributed by atoms with Crippen molar-refractivity contribution in [3.05, 3.63) is 0 Å². The Labute approximate surface area is 153 Å². The Hall–Kier alpha value is -1.14. The first-order valence-electron chi connectivity index (χ1n) is 9.68. The molecule has 0 spiro atoms. The van der Waals surface area contributed by atoms with Crippen LogP contribution in [-0.2, 0) is 9.59 Å². The van der Waals surface area contributed by atoms with E-state index < -0.39 is 5.97 Å². The molecular weight excluding hydrogens is 318 g/mol. The molecular formula is C19H37N3O3. The normalized spacial score (nSPS) is 16.8. The van der Waals surface area contributed by atoms with Crippen LogP contribution >= 0.6 is 0 Å². The number of hydrogen-bond acceptors (Lipinski definition) is 4. The summed E-state index contributed by atoms with van der Waals surface area (Å²) in [6, 6.07) is 0.315. The Balaban J connectivity index is 2.50. The van der Waals surface area contributed by atoms with Gasteiger partial charge in [-0.25, -0.2) is 0 Å². The highest BCUT2D eigenvalue weighted by Crippen LogP contribution is 2.17. The van der Waals surface area contributed by atoms with E-state index >= 15 is 0 Å². The van der Waals surface area contributed by atoms with E-state index in [-0.39, 0.29) is 12.5 Å². The highest BCUT2D eigenvalue weighted by atomic mass is 16.4. The fraction of sp³-hybridized carbons (Fsp3) is 0.895. The average Bonchev–Trinajstić information content (AvgIpc) is 2.51. The van der Waals surface area contributed by atoms with E-state index in [1.165, 1.54) is 0 Å². The summed E-state index contributed by atoms with van der Waals surface area (Å²) in [6.07, 6.45) is 1.87. The molecule has 1 heterocycles. The number of likely N-dealkylation sites (N-methyl/N-ethyl adjacent to an activating group) is 1. The molecule has 0 radical (unpaired) electrons. The van der Waals surface area contributed by atoms with Gasteiger partial charge in [-0.3, -0.25) is 19.4 Å². The summed E-state index contributed by atoms with van der Waals surface area (Å²) in [5.41, 5.74) is 0. The van der Waals surface area contributed by atoms with Crippen molar-refractivity contribution in [3.63, 3.8) is 0 Å². The molecule has 0 aromatic rings. The number of nitrogens with zero attached hydrogens (tertiary/aromatic N) is 3. The maximum Gasteiger partial charge on any atom is 0.317 e. The van der Waals surface area contributed by atoms with Gasteiger partial charge >= 0.3 is 5.97 Å². The van der Waals surface area contributed by atoms with Crippen molar-refractivity contribution in [2.45, 2.75) is 53.5 Å². The van der Waals surface area contributed by atoms with Crippen LogP contribution in [0.1, 0.15) is 47.5 Å². The molecule has 0 aromatic carbocycles. The van der Waals surface area contributed by atoms with Crippen LogP contribution < -0.4 is 0 Å². The van der Waals surface area contributed by atoms with Crippen molar-refractivity contribution in [3.8, 4) is 0 Å². The smallest absolute Gasteiger partial charge is 0.317 e. The summed E-state index contributed by atoms with van der Waals surface area (Å²) in [5.74, 6) is 0.404. The molecule has 146 valence electrons. The van der Waals surface area contributed by atoms with E-state index in [1.807, 2.05) is 16.7 Å². The zero-order chi connectivity index (χ0) is 19.0. The lowest BCUT2D eigenvalue weighted by Crippen LogP contribution is -2.49. The summed E-state index contributed by atoms with van der Waals surface area (Å²) in [6.45, 7) is 15.3. The van der Waals surface area contributed by atoms with Crippen molar-refractivity contribution in [2.75, 3.05) is 45.8 Å². The molecule has 0 unspecified atom stereocenters. The van der Waals surface area contributed by atoms with Crippen LogP contribution in [0.2, 0.25) is 0 Å². The predicted molar refractivity (Wildman–Crippen MR) is 101 cm³/mol. The molecule has 0 bridgehead atoms. The Kier molecular flexibility index (Phi) is 9.43. The summed E-state index contributed by atoms with van der Waals surface area (Å²) in [5, 5.41) is 9.02. The summed E-state index contributed by atoms with van der Waals surface area (Å²) >= 11 is 0. The van der Waals surface area contributed by atoms with Crippen LogP contribution in [0.15, 0.2) is 0 Å². The second-order valence-electron chi connectivity index (χ2n) is 8.05. The van der Waals surface area contributed by atoms with Crippen molar-refractivity contribution < 1.29 is 14.7 Å². The van der Waals surface area contributed by atoms with Crippen molar-refractivity contribution in [2.24, 2.45) is 11.8 Å². The Bertz CT molecular complexity index is 408. The number of aliphatic carboxylic acids is 1. The Morgan fingerprint density at radius 3 is 2.00 bits per heavy atom. The van der Waals surface area contributed by atoms with Crippen LogP contribution in [0.4, 0.5) is 0 Å². The summed E-state index contributed by atoms with van der Waals surface area (Å²) in [4.78, 5) is 29.9. The minimum absolute atomic E-state index is 0.108. The molecule has 0 atom stereocenters. The number of carboxylic acids is 1. The molecule has 1 rings (SSSR count). The van der Waals surface area contributed by atoms with Gasteiger partial charge in [-0.1, -0.05) is 34.6 Å². The van der Waals surface area contributed by atoms with Crippen LogP contribution in [0.3, 0.4) is 0 Å². The third-order valence-corrected chi connectivity index (χ3v) is 4.70. The van der Waals surface area contributed by atoms with E-state index in [1.54, 1.807) is 0 Å². The third kappa shape index (κ3) is 8.19. The number of carbonyl (C=O) groups excluding carboxylic acids is 1. The number of likely N-dealkylation sites (tertiary alicyclic amines) is 1. The van der Waals surface area contributed by atoms with Crippen molar-refractivity contribution in [1.29, 1.82) is 0 Å². The molecule has 1 aliphatic rings. The molecule has 1 fully saturated rings. The maximum absolute atomic E-state index is 12.7. The van der Waals surface area contributed by atoms with E-state index in [9.17, 15) is 9.59 Å². The second-order valence-corrected chi connectivity index (χ2v) is 8.05. The SMILES string of the molecule is CCN(CC(=O)O)C1CCN(CC(=O)N(CC(C)C)CC(C)C)CC1. The van der Waals surface area contributed by atoms with E-state index in [0.29, 0.717) is 24.4 Å². The fourth-order valence-electron chi connectivity index (χ4n) is 3.57. The standard InChI is InChI=1S/C19H37N3O3/c1-6-21(14-19(24)25)17-7-9-20(10-8-17)13-18(23)22(11-15(2)3)12-16(4)5/h15-17H,6-14H2,1-5H3,(H,24,25). The highest BCUT2D eigenvalue weighted by molar-refractivity contribution is 5.78. The van der Waals surface area contributed by atoms with Crippen LogP contribution in [-0.4, -0.2) is 83.5 Å². The Morgan fingerprint density at radius 1 is 1.08 bits per heavy atom.